The first kappa shape index (κ1) is 19.5. The van der Waals surface area contributed by atoms with Crippen molar-refractivity contribution in [3.63, 3.8) is 0 Å². The average Bonchev–Trinajstić information content (AvgIpc) is 2.60. The molecule has 2 amide bonds. The van der Waals surface area contributed by atoms with E-state index in [0.29, 0.717) is 27.7 Å². The van der Waals surface area contributed by atoms with Crippen molar-refractivity contribution in [2.75, 3.05) is 12.4 Å². The fourth-order valence-corrected chi connectivity index (χ4v) is 2.32. The molecule has 0 heterocycles. The normalized spacial score (nSPS) is 11.0. The van der Waals surface area contributed by atoms with E-state index in [1.54, 1.807) is 44.4 Å². The van der Waals surface area contributed by atoms with Crippen LogP contribution in [0.15, 0.2) is 47.6 Å². The predicted molar refractivity (Wildman–Crippen MR) is 103 cm³/mol. The highest BCUT2D eigenvalue weighted by Crippen LogP contribution is 2.25. The van der Waals surface area contributed by atoms with Gasteiger partial charge in [-0.2, -0.15) is 5.10 Å². The van der Waals surface area contributed by atoms with Crippen molar-refractivity contribution < 1.29 is 14.3 Å². The van der Waals surface area contributed by atoms with Crippen LogP contribution < -0.4 is 15.5 Å². The molecule has 7 heteroatoms. The maximum absolute atomic E-state index is 12.2. The number of aryl methyl sites for hydroxylation is 1. The number of rotatable bonds is 6. The van der Waals surface area contributed by atoms with Crippen LogP contribution in [0.1, 0.15) is 29.3 Å². The molecule has 136 valence electrons. The predicted octanol–water partition coefficient (Wildman–Crippen LogP) is 3.79. The van der Waals surface area contributed by atoms with Gasteiger partial charge in [0, 0.05) is 16.3 Å². The lowest BCUT2D eigenvalue weighted by Gasteiger charge is -2.11. The summed E-state index contributed by atoms with van der Waals surface area (Å²) in [6.07, 6.45) is 0.0397. The molecule has 0 radical (unpaired) electrons. The SMILES string of the molecule is COc1ccc(C)cc1NC(=O)CC(C)=NNC(=O)c1ccc(Cl)cc1. The van der Waals surface area contributed by atoms with Gasteiger partial charge in [-0.1, -0.05) is 17.7 Å². The van der Waals surface area contributed by atoms with Gasteiger partial charge in [-0.25, -0.2) is 5.43 Å². The van der Waals surface area contributed by atoms with Crippen LogP contribution in [-0.2, 0) is 4.79 Å². The number of hydrogen-bond acceptors (Lipinski definition) is 4. The second-order valence-corrected chi connectivity index (χ2v) is 6.16. The number of ether oxygens (including phenoxy) is 1. The fraction of sp³-hybridized carbons (Fsp3) is 0.211. The smallest absolute Gasteiger partial charge is 0.271 e. The minimum atomic E-state index is -0.373. The molecule has 0 unspecified atom stereocenters. The summed E-state index contributed by atoms with van der Waals surface area (Å²) in [6, 6.07) is 11.9. The summed E-state index contributed by atoms with van der Waals surface area (Å²) in [5, 5.41) is 7.29. The first-order chi connectivity index (χ1) is 12.4. The molecule has 2 N–H and O–H groups in total. The molecule has 2 aromatic rings. The van der Waals surface area contributed by atoms with E-state index in [1.807, 2.05) is 19.1 Å². The van der Waals surface area contributed by atoms with E-state index in [4.69, 9.17) is 16.3 Å². The second-order valence-electron chi connectivity index (χ2n) is 5.72. The number of hydrogen-bond donors (Lipinski definition) is 2. The van der Waals surface area contributed by atoms with Crippen molar-refractivity contribution in [3.05, 3.63) is 58.6 Å². The van der Waals surface area contributed by atoms with E-state index in [1.165, 1.54) is 0 Å². The molecule has 0 aromatic heterocycles. The Morgan fingerprint density at radius 2 is 1.85 bits per heavy atom. The van der Waals surface area contributed by atoms with E-state index < -0.39 is 0 Å². The molecule has 0 aliphatic rings. The number of carbonyl (C=O) groups excluding carboxylic acids is 2. The van der Waals surface area contributed by atoms with E-state index in [9.17, 15) is 9.59 Å². The molecule has 26 heavy (non-hydrogen) atoms. The van der Waals surface area contributed by atoms with Gasteiger partial charge in [0.25, 0.3) is 5.91 Å². The van der Waals surface area contributed by atoms with Crippen molar-refractivity contribution in [1.82, 2.24) is 5.43 Å². The number of carbonyl (C=O) groups is 2. The van der Waals surface area contributed by atoms with Crippen LogP contribution in [0.2, 0.25) is 5.02 Å². The highest BCUT2D eigenvalue weighted by atomic mass is 35.5. The molecule has 0 aliphatic heterocycles. The molecule has 6 nitrogen and oxygen atoms in total. The van der Waals surface area contributed by atoms with Crippen molar-refractivity contribution in [3.8, 4) is 5.75 Å². The highest BCUT2D eigenvalue weighted by molar-refractivity contribution is 6.30. The topological polar surface area (TPSA) is 79.8 Å². The summed E-state index contributed by atoms with van der Waals surface area (Å²) >= 11 is 5.79. The standard InChI is InChI=1S/C19H20ClN3O3/c1-12-4-9-17(26-3)16(10-12)21-18(24)11-13(2)22-23-19(25)14-5-7-15(20)8-6-14/h4-10H,11H2,1-3H3,(H,21,24)(H,23,25). The summed E-state index contributed by atoms with van der Waals surface area (Å²) in [5.41, 5.74) is 4.91. The van der Waals surface area contributed by atoms with Crippen molar-refractivity contribution in [2.24, 2.45) is 5.10 Å². The first-order valence-corrected chi connectivity index (χ1v) is 8.30. The Labute approximate surface area is 157 Å². The van der Waals surface area contributed by atoms with Gasteiger partial charge in [0.1, 0.15) is 5.75 Å². The summed E-state index contributed by atoms with van der Waals surface area (Å²) in [6.45, 7) is 3.59. The molecule has 0 saturated carbocycles. The molecule has 2 rings (SSSR count). The largest absolute Gasteiger partial charge is 0.495 e. The lowest BCUT2D eigenvalue weighted by molar-refractivity contribution is -0.115. The third-order valence-electron chi connectivity index (χ3n) is 3.50. The number of nitrogens with zero attached hydrogens (tertiary/aromatic N) is 1. The van der Waals surface area contributed by atoms with Crippen LogP contribution in [0.25, 0.3) is 0 Å². The zero-order chi connectivity index (χ0) is 19.1. The van der Waals surface area contributed by atoms with Gasteiger partial charge in [0.05, 0.1) is 19.2 Å². The Bertz CT molecular complexity index is 832. The van der Waals surface area contributed by atoms with Crippen LogP contribution in [0.4, 0.5) is 5.69 Å². The monoisotopic (exact) mass is 373 g/mol. The molecular formula is C19H20ClN3O3. The van der Waals surface area contributed by atoms with Gasteiger partial charge in [0.15, 0.2) is 0 Å². The quantitative estimate of drug-likeness (QED) is 0.597. The molecule has 0 fully saturated rings. The zero-order valence-electron chi connectivity index (χ0n) is 14.8. The number of benzene rings is 2. The van der Waals surface area contributed by atoms with Crippen LogP contribution >= 0.6 is 11.6 Å². The molecule has 0 bridgehead atoms. The third kappa shape index (κ3) is 5.60. The lowest BCUT2D eigenvalue weighted by Crippen LogP contribution is -2.21. The van der Waals surface area contributed by atoms with Gasteiger partial charge in [0.2, 0.25) is 5.91 Å². The Hall–Kier alpha value is -2.86. The summed E-state index contributed by atoms with van der Waals surface area (Å²) < 4.78 is 5.23. The van der Waals surface area contributed by atoms with Gasteiger partial charge in [-0.3, -0.25) is 9.59 Å². The van der Waals surface area contributed by atoms with E-state index >= 15 is 0 Å². The number of hydrazone groups is 1. The molecule has 0 atom stereocenters. The van der Waals surface area contributed by atoms with Gasteiger partial charge < -0.3 is 10.1 Å². The Morgan fingerprint density at radius 3 is 2.50 bits per heavy atom. The Balaban J connectivity index is 1.94. The second kappa shape index (κ2) is 9.01. The van der Waals surface area contributed by atoms with E-state index in [-0.39, 0.29) is 18.2 Å². The lowest BCUT2D eigenvalue weighted by atomic mass is 10.2. The van der Waals surface area contributed by atoms with Crippen molar-refractivity contribution in [2.45, 2.75) is 20.3 Å². The fourth-order valence-electron chi connectivity index (χ4n) is 2.20. The number of methoxy groups -OCH3 is 1. The Morgan fingerprint density at radius 1 is 1.15 bits per heavy atom. The number of amides is 2. The van der Waals surface area contributed by atoms with Gasteiger partial charge in [-0.05, 0) is 55.8 Å². The number of halogens is 1. The summed E-state index contributed by atoms with van der Waals surface area (Å²) in [7, 11) is 1.54. The van der Waals surface area contributed by atoms with Crippen LogP contribution in [0.5, 0.6) is 5.75 Å². The minimum absolute atomic E-state index is 0.0397. The maximum atomic E-state index is 12.2. The molecular weight excluding hydrogens is 354 g/mol. The minimum Gasteiger partial charge on any atom is -0.495 e. The number of nitrogens with one attached hydrogen (secondary N) is 2. The van der Waals surface area contributed by atoms with Crippen LogP contribution in [0, 0.1) is 6.92 Å². The maximum Gasteiger partial charge on any atom is 0.271 e. The van der Waals surface area contributed by atoms with E-state index in [0.717, 1.165) is 5.56 Å². The van der Waals surface area contributed by atoms with Gasteiger partial charge in [-0.15, -0.1) is 0 Å². The van der Waals surface area contributed by atoms with Crippen LogP contribution in [0.3, 0.4) is 0 Å². The molecule has 0 aliphatic carbocycles. The third-order valence-corrected chi connectivity index (χ3v) is 3.75. The first-order valence-electron chi connectivity index (χ1n) is 7.92. The summed E-state index contributed by atoms with van der Waals surface area (Å²) in [4.78, 5) is 24.2. The number of anilines is 1. The van der Waals surface area contributed by atoms with Gasteiger partial charge >= 0.3 is 0 Å². The van der Waals surface area contributed by atoms with Crippen molar-refractivity contribution in [1.29, 1.82) is 0 Å². The van der Waals surface area contributed by atoms with E-state index in [2.05, 4.69) is 15.8 Å². The average molecular weight is 374 g/mol. The highest BCUT2D eigenvalue weighted by Gasteiger charge is 2.10. The molecule has 2 aromatic carbocycles. The zero-order valence-corrected chi connectivity index (χ0v) is 15.6. The molecule has 0 saturated heterocycles. The van der Waals surface area contributed by atoms with Crippen LogP contribution in [-0.4, -0.2) is 24.6 Å². The summed E-state index contributed by atoms with van der Waals surface area (Å²) in [5.74, 6) is -0.0488. The Kier molecular flexibility index (Phi) is 6.74. The molecule has 0 spiro atoms. The van der Waals surface area contributed by atoms with Crippen molar-refractivity contribution >= 4 is 34.8 Å².